The van der Waals surface area contributed by atoms with Gasteiger partial charge in [-0.1, -0.05) is 30.6 Å². The van der Waals surface area contributed by atoms with Crippen LogP contribution in [0, 0.1) is 0 Å². The molecule has 0 amide bonds. The Morgan fingerprint density at radius 2 is 1.94 bits per heavy atom. The van der Waals surface area contributed by atoms with Crippen molar-refractivity contribution >= 4 is 33.7 Å². The highest BCUT2D eigenvalue weighted by atomic mass is 35.5. The molecule has 0 unspecified atom stereocenters. The van der Waals surface area contributed by atoms with Gasteiger partial charge < -0.3 is 13.9 Å². The van der Waals surface area contributed by atoms with E-state index in [1.165, 1.54) is 9.13 Å². The summed E-state index contributed by atoms with van der Waals surface area (Å²) in [6, 6.07) is 7.74. The van der Waals surface area contributed by atoms with Crippen LogP contribution in [0.4, 0.5) is 0 Å². The molecule has 0 saturated heterocycles. The zero-order chi connectivity index (χ0) is 23.7. The Bertz CT molecular complexity index is 1570. The van der Waals surface area contributed by atoms with Gasteiger partial charge >= 0.3 is 5.69 Å². The number of rotatable bonds is 9. The number of fused-ring (bicyclic) bond motifs is 2. The lowest BCUT2D eigenvalue weighted by atomic mass is 10.1. The Labute approximate surface area is 198 Å². The van der Waals surface area contributed by atoms with Gasteiger partial charge in [-0.3, -0.25) is 13.9 Å². The molecule has 0 aliphatic carbocycles. The molecule has 5 rings (SSSR count). The van der Waals surface area contributed by atoms with Crippen LogP contribution < -0.4 is 11.2 Å². The van der Waals surface area contributed by atoms with Crippen LogP contribution in [-0.2, 0) is 25.9 Å². The molecule has 0 bridgehead atoms. The first kappa shape index (κ1) is 22.1. The summed E-state index contributed by atoms with van der Waals surface area (Å²) in [6.45, 7) is 2.71. The van der Waals surface area contributed by atoms with Crippen molar-refractivity contribution in [1.82, 2.24) is 29.2 Å². The second-order valence-electron chi connectivity index (χ2n) is 8.10. The predicted octanol–water partition coefficient (Wildman–Crippen LogP) is 3.69. The highest BCUT2D eigenvalue weighted by Crippen LogP contribution is 2.22. The number of aromatic amines is 1. The number of hydrogen-bond acceptors (Lipinski definition) is 7. The molecule has 5 aromatic rings. The van der Waals surface area contributed by atoms with Crippen LogP contribution in [0.15, 0.2) is 49.1 Å². The van der Waals surface area contributed by atoms with Gasteiger partial charge in [0.05, 0.1) is 12.7 Å². The number of nitrogens with zero attached hydrogens (tertiary/aromatic N) is 5. The molecule has 1 N–H and O–H groups in total. The first-order chi connectivity index (χ1) is 16.5. The average Bonchev–Trinajstić information content (AvgIpc) is 3.56. The van der Waals surface area contributed by atoms with E-state index in [1.807, 2.05) is 31.2 Å². The van der Waals surface area contributed by atoms with Gasteiger partial charge in [-0.05, 0) is 42.1 Å². The topological polar surface area (TPSA) is 125 Å². The molecule has 1 aromatic carbocycles. The van der Waals surface area contributed by atoms with Crippen LogP contribution in [0.1, 0.15) is 43.5 Å². The Balaban J connectivity index is 1.31. The highest BCUT2D eigenvalue weighted by Gasteiger charge is 2.17. The molecule has 0 saturated carbocycles. The van der Waals surface area contributed by atoms with Crippen molar-refractivity contribution in [2.45, 2.75) is 52.1 Å². The van der Waals surface area contributed by atoms with E-state index in [-0.39, 0.29) is 17.3 Å². The second-order valence-corrected chi connectivity index (χ2v) is 8.46. The molecule has 11 heteroatoms. The number of unbranched alkanes of at least 4 members (excludes halogenated alkanes) is 1. The number of imidazole rings is 1. The van der Waals surface area contributed by atoms with Crippen LogP contribution in [0.2, 0.25) is 5.28 Å². The Kier molecular flexibility index (Phi) is 6.06. The van der Waals surface area contributed by atoms with E-state index in [0.717, 1.165) is 29.4 Å². The minimum atomic E-state index is -0.436. The standard InChI is InChI=1S/C23H23ClN6O4/c1-2-3-10-29-20-19(26-22(24)27-20)21(31)30(23(29)32)11-5-8-17-25-18(34-28-17)13-14-6-4-7-16-15(14)9-12-33-16/h4,6-7,9,12H,2-3,5,8,10-11,13H2,1H3,(H,26,27). The minimum absolute atomic E-state index is 0.0833. The van der Waals surface area contributed by atoms with Crippen LogP contribution >= 0.6 is 11.6 Å². The van der Waals surface area contributed by atoms with Gasteiger partial charge in [-0.2, -0.15) is 9.97 Å². The fourth-order valence-corrected chi connectivity index (χ4v) is 4.26. The summed E-state index contributed by atoms with van der Waals surface area (Å²) in [5.74, 6) is 1.02. The number of furan rings is 1. The monoisotopic (exact) mass is 482 g/mol. The molecular formula is C23H23ClN6O4. The number of halogens is 1. The lowest BCUT2D eigenvalue weighted by molar-refractivity contribution is 0.378. The molecule has 0 spiro atoms. The molecule has 176 valence electrons. The summed E-state index contributed by atoms with van der Waals surface area (Å²) in [5.41, 5.74) is 1.54. The van der Waals surface area contributed by atoms with E-state index in [1.54, 1.807) is 6.26 Å². The minimum Gasteiger partial charge on any atom is -0.464 e. The van der Waals surface area contributed by atoms with Crippen LogP contribution in [-0.4, -0.2) is 29.2 Å². The number of aromatic nitrogens is 6. The lowest BCUT2D eigenvalue weighted by Gasteiger charge is -2.10. The van der Waals surface area contributed by atoms with E-state index in [9.17, 15) is 9.59 Å². The number of benzene rings is 1. The largest absolute Gasteiger partial charge is 0.464 e. The van der Waals surface area contributed by atoms with E-state index >= 15 is 0 Å². The summed E-state index contributed by atoms with van der Waals surface area (Å²) in [6.07, 6.45) is 4.79. The molecule has 34 heavy (non-hydrogen) atoms. The first-order valence-corrected chi connectivity index (χ1v) is 11.6. The molecule has 4 heterocycles. The maximum atomic E-state index is 13.0. The maximum absolute atomic E-state index is 13.0. The normalized spacial score (nSPS) is 11.7. The number of H-pyrrole nitrogens is 1. The number of nitrogens with one attached hydrogen (secondary N) is 1. The summed E-state index contributed by atoms with van der Waals surface area (Å²) in [5, 5.41) is 5.15. The molecule has 0 atom stereocenters. The SMILES string of the molecule is CCCCn1c(=O)n(CCCc2noc(Cc3cccc4occc34)n2)c(=O)c2[nH]c(Cl)nc21. The fourth-order valence-electron chi connectivity index (χ4n) is 4.09. The maximum Gasteiger partial charge on any atom is 0.332 e. The van der Waals surface area contributed by atoms with Gasteiger partial charge in [0.1, 0.15) is 5.58 Å². The van der Waals surface area contributed by atoms with E-state index in [4.69, 9.17) is 20.5 Å². The van der Waals surface area contributed by atoms with Crippen molar-refractivity contribution in [1.29, 1.82) is 0 Å². The summed E-state index contributed by atoms with van der Waals surface area (Å²) in [7, 11) is 0. The third-order valence-corrected chi connectivity index (χ3v) is 5.97. The summed E-state index contributed by atoms with van der Waals surface area (Å²) in [4.78, 5) is 37.3. The van der Waals surface area contributed by atoms with Gasteiger partial charge in [-0.25, -0.2) is 4.79 Å². The van der Waals surface area contributed by atoms with E-state index in [0.29, 0.717) is 43.2 Å². The first-order valence-electron chi connectivity index (χ1n) is 11.2. The highest BCUT2D eigenvalue weighted by molar-refractivity contribution is 6.28. The second kappa shape index (κ2) is 9.30. The van der Waals surface area contributed by atoms with Crippen molar-refractivity contribution in [2.24, 2.45) is 0 Å². The van der Waals surface area contributed by atoms with Gasteiger partial charge in [0, 0.05) is 24.9 Å². The van der Waals surface area contributed by atoms with Crippen LogP contribution in [0.5, 0.6) is 0 Å². The van der Waals surface area contributed by atoms with E-state index < -0.39 is 11.2 Å². The Morgan fingerprint density at radius 1 is 1.09 bits per heavy atom. The van der Waals surface area contributed by atoms with Crippen molar-refractivity contribution in [3.63, 3.8) is 0 Å². The molecule has 0 aliphatic rings. The molecule has 10 nitrogen and oxygen atoms in total. The third kappa shape index (κ3) is 4.16. The van der Waals surface area contributed by atoms with E-state index in [2.05, 4.69) is 20.1 Å². The Hall–Kier alpha value is -3.66. The zero-order valence-corrected chi connectivity index (χ0v) is 19.3. The summed E-state index contributed by atoms with van der Waals surface area (Å²) >= 11 is 5.97. The average molecular weight is 483 g/mol. The van der Waals surface area contributed by atoms with Crippen LogP contribution in [0.25, 0.3) is 22.1 Å². The van der Waals surface area contributed by atoms with Gasteiger partial charge in [0.2, 0.25) is 11.2 Å². The lowest BCUT2D eigenvalue weighted by Crippen LogP contribution is -2.40. The van der Waals surface area contributed by atoms with Gasteiger partial charge in [-0.15, -0.1) is 0 Å². The molecule has 0 radical (unpaired) electrons. The zero-order valence-electron chi connectivity index (χ0n) is 18.6. The quantitative estimate of drug-likeness (QED) is 0.317. The predicted molar refractivity (Wildman–Crippen MR) is 126 cm³/mol. The van der Waals surface area contributed by atoms with Crippen molar-refractivity contribution in [3.05, 3.63) is 73.9 Å². The molecule has 0 aliphatic heterocycles. The molecule has 0 fully saturated rings. The van der Waals surface area contributed by atoms with Crippen LogP contribution in [0.3, 0.4) is 0 Å². The third-order valence-electron chi connectivity index (χ3n) is 5.79. The summed E-state index contributed by atoms with van der Waals surface area (Å²) < 4.78 is 13.6. The van der Waals surface area contributed by atoms with Crippen molar-refractivity contribution < 1.29 is 8.94 Å². The van der Waals surface area contributed by atoms with Crippen molar-refractivity contribution in [3.8, 4) is 0 Å². The molecular weight excluding hydrogens is 460 g/mol. The number of hydrogen-bond donors (Lipinski definition) is 1. The smallest absolute Gasteiger partial charge is 0.332 e. The van der Waals surface area contributed by atoms with Crippen molar-refractivity contribution in [2.75, 3.05) is 0 Å². The van der Waals surface area contributed by atoms with Gasteiger partial charge in [0.25, 0.3) is 5.56 Å². The molecule has 4 aromatic heterocycles. The number of aryl methyl sites for hydroxylation is 2. The van der Waals surface area contributed by atoms with Gasteiger partial charge in [0.15, 0.2) is 17.0 Å². The fraction of sp³-hybridized carbons (Fsp3) is 0.348. The Morgan fingerprint density at radius 3 is 2.79 bits per heavy atom.